The summed E-state index contributed by atoms with van der Waals surface area (Å²) in [6, 6.07) is 4.07. The zero-order chi connectivity index (χ0) is 86.5. The molecule has 6 unspecified atom stereocenters. The van der Waals surface area contributed by atoms with Gasteiger partial charge in [-0.05, 0) is 209 Å². The van der Waals surface area contributed by atoms with E-state index >= 15 is 0 Å². The summed E-state index contributed by atoms with van der Waals surface area (Å²) in [5.74, 6) is -0.297. The molecule has 1 rings (SSSR count). The lowest BCUT2D eigenvalue weighted by Crippen LogP contribution is -2.52. The van der Waals surface area contributed by atoms with Crippen molar-refractivity contribution in [2.24, 2.45) is 29.2 Å². The average Bonchev–Trinajstić information content (AvgIpc) is 1.03. The fourth-order valence-corrected chi connectivity index (χ4v) is 51.8. The van der Waals surface area contributed by atoms with Crippen molar-refractivity contribution in [2.75, 3.05) is 116 Å². The molecule has 0 aromatic carbocycles. The smallest absolute Gasteiger partial charge is 0.331 e. The first kappa shape index (κ1) is 115. The Labute approximate surface area is 695 Å². The number of hydrogen-bond acceptors (Lipinski definition) is 29. The van der Waals surface area contributed by atoms with Crippen LogP contribution in [0.5, 0.6) is 0 Å². The maximum Gasteiger partial charge on any atom is 0.331 e. The highest BCUT2D eigenvalue weighted by Gasteiger charge is 2.42. The number of Topliss-reactive ketones (excluding diaryl/α,β-unsaturated/α-hetero) is 3. The van der Waals surface area contributed by atoms with Gasteiger partial charge in [-0.25, -0.2) is 9.59 Å². The Morgan fingerprint density at radius 2 is 0.839 bits per heavy atom. The molecule has 660 valence electrons. The van der Waals surface area contributed by atoms with Crippen molar-refractivity contribution in [1.82, 2.24) is 0 Å². The molecule has 1 fully saturated rings. The van der Waals surface area contributed by atoms with Crippen molar-refractivity contribution in [1.29, 1.82) is 0 Å². The summed E-state index contributed by atoms with van der Waals surface area (Å²) in [6.07, 6.45) is 11.6. The van der Waals surface area contributed by atoms with E-state index in [1.165, 1.54) is 23.5 Å². The molecular weight excluding hydrogens is 1660 g/mol. The van der Waals surface area contributed by atoms with Crippen LogP contribution in [0.4, 0.5) is 0 Å². The van der Waals surface area contributed by atoms with Gasteiger partial charge in [-0.1, -0.05) is 58.5 Å². The van der Waals surface area contributed by atoms with Gasteiger partial charge in [-0.15, -0.1) is 0 Å². The maximum atomic E-state index is 13.5. The van der Waals surface area contributed by atoms with Crippen LogP contribution in [0.1, 0.15) is 153 Å². The van der Waals surface area contributed by atoms with Crippen LogP contribution in [0.2, 0.25) is 103 Å². The van der Waals surface area contributed by atoms with Crippen LogP contribution in [-0.4, -0.2) is 223 Å². The van der Waals surface area contributed by atoms with E-state index in [0.29, 0.717) is 69.6 Å². The predicted molar refractivity (Wildman–Crippen MR) is 476 cm³/mol. The third-order valence-corrected chi connectivity index (χ3v) is 50.9. The van der Waals surface area contributed by atoms with E-state index in [4.69, 9.17) is 64.5 Å². The van der Waals surface area contributed by atoms with E-state index in [2.05, 4.69) is 101 Å². The van der Waals surface area contributed by atoms with Gasteiger partial charge in [0.05, 0.1) is 71.2 Å². The number of nitrogens with two attached hydrogens (primary N) is 2. The number of thioether (sulfide) groups is 3. The minimum absolute atomic E-state index is 0.0322. The summed E-state index contributed by atoms with van der Waals surface area (Å²) < 4.78 is 117. The average molecular weight is 1810 g/mol. The monoisotopic (exact) mass is 1810 g/mol. The van der Waals surface area contributed by atoms with Crippen molar-refractivity contribution in [3.63, 3.8) is 0 Å². The van der Waals surface area contributed by atoms with E-state index in [9.17, 15) is 47.3 Å². The summed E-state index contributed by atoms with van der Waals surface area (Å²) >= 11 is 4.35. The lowest BCUT2D eigenvalue weighted by Gasteiger charge is -2.39. The predicted octanol–water partition coefficient (Wildman–Crippen LogP) is 18.2. The Balaban J connectivity index is -0.00000200. The molecule has 112 heavy (non-hydrogen) atoms. The van der Waals surface area contributed by atoms with Crippen LogP contribution in [0.25, 0.3) is 0 Å². The molecule has 38 heteroatoms. The van der Waals surface area contributed by atoms with Gasteiger partial charge >= 0.3 is 57.8 Å². The Hall–Kier alpha value is -0.909. The fourth-order valence-electron chi connectivity index (χ4n) is 12.3. The number of carbonyl (C=O) groups excluding carboxylic acids is 7. The number of hydrogen-bond donors (Lipinski definition) is 2. The molecule has 26 nitrogen and oxygen atoms in total. The number of esters is 3. The lowest BCUT2D eigenvalue weighted by molar-refractivity contribution is -0.146. The Morgan fingerprint density at radius 1 is 0.509 bits per heavy atom. The SMILES string of the molecule is C=CC(=O)OCCOC(=O)C=C.CCOP(=O)(CC(CC(C)C(=O)CCCC[Si](C)(C)O[Si](C)(C)O[Si](C)(C)CCCCC(=O)C(C)CC(CP(=O)(OCC)OCC)SCCC(=O)OCCOC)SCCC(C)=O)OCC.CCOP(=O)(CC1CC(C)C(=O)S1)OCC.C[Si](C)(CCCN)O[Si](C)(C)O[Si](C)(C)CCCN. The molecule has 6 atom stereocenters. The van der Waals surface area contributed by atoms with Crippen molar-refractivity contribution in [3.8, 4) is 0 Å². The Kier molecular flexibility index (Phi) is 64.0. The van der Waals surface area contributed by atoms with Crippen LogP contribution in [0.15, 0.2) is 25.3 Å². The third kappa shape index (κ3) is 61.4. The largest absolute Gasteiger partial charge is 0.463 e. The van der Waals surface area contributed by atoms with E-state index in [-0.39, 0.29) is 127 Å². The summed E-state index contributed by atoms with van der Waals surface area (Å²) in [7, 11) is -20.1. The molecule has 4 N–H and O–H groups in total. The first-order valence-corrected chi connectivity index (χ1v) is 66.4. The van der Waals surface area contributed by atoms with E-state index in [1.54, 1.807) is 67.3 Å². The number of ether oxygens (including phenoxy) is 4. The lowest BCUT2D eigenvalue weighted by atomic mass is 9.97. The molecule has 1 aliphatic heterocycles. The van der Waals surface area contributed by atoms with Gasteiger partial charge in [0.25, 0.3) is 0 Å². The molecule has 0 aliphatic carbocycles. The zero-order valence-corrected chi connectivity index (χ0v) is 84.2. The van der Waals surface area contributed by atoms with Gasteiger partial charge in [0.2, 0.25) is 0 Å². The van der Waals surface area contributed by atoms with Gasteiger partial charge in [0, 0.05) is 83.5 Å². The van der Waals surface area contributed by atoms with E-state index < -0.39 is 85.1 Å². The van der Waals surface area contributed by atoms with Crippen LogP contribution < -0.4 is 11.5 Å². The van der Waals surface area contributed by atoms with E-state index in [0.717, 1.165) is 94.4 Å². The first-order valence-electron chi connectivity index (χ1n) is 40.1. The summed E-state index contributed by atoms with van der Waals surface area (Å²) in [5.41, 5.74) is 11.2. The molecule has 0 radical (unpaired) electrons. The van der Waals surface area contributed by atoms with E-state index in [1.807, 2.05) is 20.8 Å². The minimum atomic E-state index is -3.37. The molecule has 0 spiro atoms. The van der Waals surface area contributed by atoms with Crippen molar-refractivity contribution < 1.29 is 110 Å². The Morgan fingerprint density at radius 3 is 1.14 bits per heavy atom. The number of methoxy groups -OCH3 is 1. The highest BCUT2D eigenvalue weighted by molar-refractivity contribution is 8.14. The van der Waals surface area contributed by atoms with Gasteiger partial charge in [0.15, 0.2) is 38.4 Å². The second-order valence-electron chi connectivity index (χ2n) is 30.9. The highest BCUT2D eigenvalue weighted by atomic mass is 32.2. The second kappa shape index (κ2) is 62.2. The van der Waals surface area contributed by atoms with Crippen molar-refractivity contribution >= 4 is 149 Å². The summed E-state index contributed by atoms with van der Waals surface area (Å²) in [4.78, 5) is 82.7. The minimum Gasteiger partial charge on any atom is -0.463 e. The molecule has 0 aromatic heterocycles. The molecule has 0 bridgehead atoms. The number of ketones is 3. The topological polar surface area (TPSA) is 352 Å². The molecule has 0 amide bonds. The third-order valence-electron chi connectivity index (χ3n) is 16.8. The van der Waals surface area contributed by atoms with Gasteiger partial charge in [0.1, 0.15) is 37.2 Å². The van der Waals surface area contributed by atoms with Crippen molar-refractivity contribution in [3.05, 3.63) is 25.3 Å². The summed E-state index contributed by atoms with van der Waals surface area (Å²) in [6.45, 7) is 54.9. The van der Waals surface area contributed by atoms with Crippen LogP contribution in [0.3, 0.4) is 0 Å². The maximum absolute atomic E-state index is 13.5. The number of rotatable bonds is 64. The highest BCUT2D eigenvalue weighted by Crippen LogP contribution is 2.54. The molecule has 1 aliphatic rings. The first-order chi connectivity index (χ1) is 52.0. The van der Waals surface area contributed by atoms with Crippen molar-refractivity contribution in [2.45, 2.75) is 271 Å². The van der Waals surface area contributed by atoms with Crippen LogP contribution in [-0.2, 0) is 110 Å². The molecule has 0 aromatic rings. The van der Waals surface area contributed by atoms with Crippen LogP contribution in [0, 0.1) is 17.8 Å². The molecule has 0 saturated carbocycles. The normalized spacial score (nSPS) is 15.6. The standard InChI is InChI=1S/C44H90O14P2S2Si3.C12H34N2O2Si3.C10H19O4PS.C8H10O4/c1-15-53-59(49,54-16-2)35-40(61-29-25-39(7)45)33-37(5)42(46)23-19-21-31-63(9,10)57-65(13,14)58-64(11,12)32-22-20-24-43(47)38(6)34-41(36-60(50,55-17-3)56-18-4)62-30-26-44(48)52-28-27-51-8;1-17(2,11-7-9-13)15-19(5,6)16-18(3,4)12-8-10-14;1-4-13-15(12,14-5-2)7-9-6-8(3)10(11)16-9;1-3-7(9)11-5-6-12-8(10)4-2/h37-38,40-41H,15-36H2,1-14H3;7-14H2,1-6H3;8-9H,4-7H2,1-3H3;3-4H,1-2,5-6H2. The fraction of sp³-hybridized carbons (Fsp3) is 0.851. The summed E-state index contributed by atoms with van der Waals surface area (Å²) in [5, 5.41) is -0.0628. The quantitative estimate of drug-likeness (QED) is 0.0143. The molecule has 1 saturated heterocycles. The number of unbranched alkanes of at least 4 members (excludes halogenated alkanes) is 2. The van der Waals surface area contributed by atoms with Crippen LogP contribution >= 0.6 is 58.1 Å². The zero-order valence-electron chi connectivity index (χ0n) is 73.1. The molecular formula is C74H153N2O24P3S3Si6. The van der Waals surface area contributed by atoms with Gasteiger partial charge in [-0.3, -0.25) is 37.7 Å². The van der Waals surface area contributed by atoms with Gasteiger partial charge < -0.3 is 74.0 Å². The second-order valence-corrected chi connectivity index (χ2v) is 66.3. The number of carbonyl (C=O) groups is 7. The van der Waals surface area contributed by atoms with Gasteiger partial charge in [-0.2, -0.15) is 23.5 Å². The Bertz CT molecular complexity index is 2770. The molecule has 1 heterocycles.